The Labute approximate surface area is 119 Å². The smallest absolute Gasteiger partial charge is 0.422 e. The van der Waals surface area contributed by atoms with Crippen molar-refractivity contribution < 1.29 is 32.5 Å². The lowest BCUT2D eigenvalue weighted by Gasteiger charge is -2.13. The van der Waals surface area contributed by atoms with Crippen LogP contribution >= 0.6 is 0 Å². The van der Waals surface area contributed by atoms with Crippen LogP contribution < -0.4 is 9.47 Å². The summed E-state index contributed by atoms with van der Waals surface area (Å²) in [5, 5.41) is 8.56. The van der Waals surface area contributed by atoms with Gasteiger partial charge < -0.3 is 14.6 Å². The quantitative estimate of drug-likeness (QED) is 0.783. The van der Waals surface area contributed by atoms with Crippen molar-refractivity contribution in [3.8, 4) is 11.5 Å². The molecule has 0 atom stereocenters. The minimum absolute atomic E-state index is 0.0848. The van der Waals surface area contributed by atoms with E-state index in [0.717, 1.165) is 18.6 Å². The molecule has 0 aliphatic carbocycles. The molecule has 1 aromatic rings. The first kappa shape index (κ1) is 16.9. The van der Waals surface area contributed by atoms with Gasteiger partial charge in [0, 0.05) is 17.7 Å². The minimum atomic E-state index is -4.48. The van der Waals surface area contributed by atoms with Crippen LogP contribution in [0.3, 0.4) is 0 Å². The van der Waals surface area contributed by atoms with E-state index >= 15 is 0 Å². The van der Waals surface area contributed by atoms with Crippen molar-refractivity contribution >= 4 is 12.0 Å². The number of hydrogen-bond acceptors (Lipinski definition) is 3. The molecule has 1 aromatic carbocycles. The molecule has 0 radical (unpaired) electrons. The Morgan fingerprint density at radius 2 is 2.05 bits per heavy atom. The van der Waals surface area contributed by atoms with Gasteiger partial charge in [0.25, 0.3) is 0 Å². The first-order chi connectivity index (χ1) is 9.81. The van der Waals surface area contributed by atoms with Crippen molar-refractivity contribution in [2.24, 2.45) is 0 Å². The Morgan fingerprint density at radius 1 is 1.33 bits per heavy atom. The molecule has 0 unspecified atom stereocenters. The summed E-state index contributed by atoms with van der Waals surface area (Å²) in [6, 6.07) is 4.29. The highest BCUT2D eigenvalue weighted by atomic mass is 19.4. The SMILES string of the molecule is CCCOc1ccc(/C=C/C(=O)O)c(OCC(F)(F)F)c1. The maximum atomic E-state index is 12.2. The number of rotatable bonds is 7. The maximum absolute atomic E-state index is 12.2. The van der Waals surface area contributed by atoms with E-state index < -0.39 is 18.8 Å². The van der Waals surface area contributed by atoms with Gasteiger partial charge in [-0.3, -0.25) is 0 Å². The molecule has 0 fully saturated rings. The Morgan fingerprint density at radius 3 is 2.62 bits per heavy atom. The second-order valence-electron chi connectivity index (χ2n) is 4.12. The number of ether oxygens (including phenoxy) is 2. The Kier molecular flexibility index (Phi) is 6.08. The summed E-state index contributed by atoms with van der Waals surface area (Å²) < 4.78 is 46.7. The molecule has 0 amide bonds. The molecule has 0 aliphatic rings. The van der Waals surface area contributed by atoms with Crippen molar-refractivity contribution in [3.63, 3.8) is 0 Å². The number of alkyl halides is 3. The van der Waals surface area contributed by atoms with Crippen LogP contribution in [0.25, 0.3) is 6.08 Å². The summed E-state index contributed by atoms with van der Waals surface area (Å²) in [5.41, 5.74) is 0.227. The lowest BCUT2D eigenvalue weighted by atomic mass is 10.1. The second-order valence-corrected chi connectivity index (χ2v) is 4.12. The van der Waals surface area contributed by atoms with Gasteiger partial charge in [0.05, 0.1) is 6.61 Å². The van der Waals surface area contributed by atoms with Crippen molar-refractivity contribution in [3.05, 3.63) is 29.8 Å². The number of carbonyl (C=O) groups is 1. The summed E-state index contributed by atoms with van der Waals surface area (Å²) >= 11 is 0. The van der Waals surface area contributed by atoms with Gasteiger partial charge in [-0.2, -0.15) is 13.2 Å². The summed E-state index contributed by atoms with van der Waals surface area (Å²) in [6.07, 6.45) is -1.74. The molecule has 0 saturated heterocycles. The van der Waals surface area contributed by atoms with Crippen LogP contribution in [0.15, 0.2) is 24.3 Å². The highest BCUT2D eigenvalue weighted by Gasteiger charge is 2.28. The van der Waals surface area contributed by atoms with Gasteiger partial charge in [-0.1, -0.05) is 6.92 Å². The normalized spacial score (nSPS) is 11.6. The van der Waals surface area contributed by atoms with Gasteiger partial charge in [0.2, 0.25) is 0 Å². The van der Waals surface area contributed by atoms with Crippen LogP contribution in [0.2, 0.25) is 0 Å². The fourth-order valence-electron chi connectivity index (χ4n) is 1.41. The Hall–Kier alpha value is -2.18. The number of hydrogen-bond donors (Lipinski definition) is 1. The number of aliphatic carboxylic acids is 1. The summed E-state index contributed by atoms with van der Waals surface area (Å²) in [5.74, 6) is -0.928. The molecule has 0 bridgehead atoms. The predicted molar refractivity (Wildman–Crippen MR) is 70.4 cm³/mol. The highest BCUT2D eigenvalue weighted by Crippen LogP contribution is 2.28. The van der Waals surface area contributed by atoms with Crippen LogP contribution in [0.1, 0.15) is 18.9 Å². The molecule has 1 rings (SSSR count). The predicted octanol–water partition coefficient (Wildman–Crippen LogP) is 3.51. The standard InChI is InChI=1S/C14H15F3O4/c1-2-7-20-11-5-3-10(4-6-13(18)19)12(8-11)21-9-14(15,16)17/h3-6,8H,2,7,9H2,1H3,(H,18,19)/b6-4+. The van der Waals surface area contributed by atoms with E-state index in [-0.39, 0.29) is 11.3 Å². The minimum Gasteiger partial charge on any atom is -0.493 e. The van der Waals surface area contributed by atoms with Crippen LogP contribution in [0.5, 0.6) is 11.5 Å². The zero-order valence-corrected chi connectivity index (χ0v) is 11.3. The third-order valence-corrected chi connectivity index (χ3v) is 2.25. The molecular formula is C14H15F3O4. The molecular weight excluding hydrogens is 289 g/mol. The molecule has 0 aromatic heterocycles. The lowest BCUT2D eigenvalue weighted by molar-refractivity contribution is -0.153. The molecule has 1 N–H and O–H groups in total. The van der Waals surface area contributed by atoms with Gasteiger partial charge in [0.1, 0.15) is 11.5 Å². The zero-order valence-electron chi connectivity index (χ0n) is 11.3. The van der Waals surface area contributed by atoms with E-state index in [0.29, 0.717) is 12.4 Å². The number of halogens is 3. The van der Waals surface area contributed by atoms with Gasteiger partial charge in [-0.15, -0.1) is 0 Å². The van der Waals surface area contributed by atoms with Gasteiger partial charge >= 0.3 is 12.1 Å². The molecule has 21 heavy (non-hydrogen) atoms. The third-order valence-electron chi connectivity index (χ3n) is 2.25. The average Bonchev–Trinajstić information content (AvgIpc) is 2.40. The maximum Gasteiger partial charge on any atom is 0.422 e. The first-order valence-electron chi connectivity index (χ1n) is 6.19. The monoisotopic (exact) mass is 304 g/mol. The molecule has 0 spiro atoms. The van der Waals surface area contributed by atoms with Crippen molar-refractivity contribution in [2.75, 3.05) is 13.2 Å². The molecule has 0 heterocycles. The topological polar surface area (TPSA) is 55.8 Å². The van der Waals surface area contributed by atoms with Gasteiger partial charge in [-0.25, -0.2) is 4.79 Å². The second kappa shape index (κ2) is 7.56. The van der Waals surface area contributed by atoms with E-state index in [1.54, 1.807) is 0 Å². The molecule has 0 aliphatic heterocycles. The van der Waals surface area contributed by atoms with Gasteiger partial charge in [-0.05, 0) is 24.6 Å². The van der Waals surface area contributed by atoms with E-state index in [2.05, 4.69) is 0 Å². The van der Waals surface area contributed by atoms with Crippen LogP contribution in [0, 0.1) is 0 Å². The van der Waals surface area contributed by atoms with Crippen molar-refractivity contribution in [1.29, 1.82) is 0 Å². The fourth-order valence-corrected chi connectivity index (χ4v) is 1.41. The van der Waals surface area contributed by atoms with Crippen LogP contribution in [-0.2, 0) is 4.79 Å². The molecule has 116 valence electrons. The van der Waals surface area contributed by atoms with E-state index in [9.17, 15) is 18.0 Å². The number of carboxylic acids is 1. The van der Waals surface area contributed by atoms with Crippen molar-refractivity contribution in [1.82, 2.24) is 0 Å². The fraction of sp³-hybridized carbons (Fsp3) is 0.357. The van der Waals surface area contributed by atoms with E-state index in [4.69, 9.17) is 14.6 Å². The zero-order chi connectivity index (χ0) is 15.9. The molecule has 0 saturated carbocycles. The summed E-state index contributed by atoms with van der Waals surface area (Å²) in [7, 11) is 0. The number of carboxylic acid groups (broad SMARTS) is 1. The summed E-state index contributed by atoms with van der Waals surface area (Å²) in [4.78, 5) is 10.5. The average molecular weight is 304 g/mol. The highest BCUT2D eigenvalue weighted by molar-refractivity contribution is 5.86. The Balaban J connectivity index is 2.97. The van der Waals surface area contributed by atoms with E-state index in [1.807, 2.05) is 6.92 Å². The number of benzene rings is 1. The summed E-state index contributed by atoms with van der Waals surface area (Å²) in [6.45, 7) is 0.853. The first-order valence-corrected chi connectivity index (χ1v) is 6.19. The van der Waals surface area contributed by atoms with Crippen LogP contribution in [-0.4, -0.2) is 30.5 Å². The van der Waals surface area contributed by atoms with E-state index in [1.165, 1.54) is 18.2 Å². The largest absolute Gasteiger partial charge is 0.493 e. The van der Waals surface area contributed by atoms with Crippen LogP contribution in [0.4, 0.5) is 13.2 Å². The lowest BCUT2D eigenvalue weighted by Crippen LogP contribution is -2.19. The molecule has 4 nitrogen and oxygen atoms in total. The van der Waals surface area contributed by atoms with Crippen molar-refractivity contribution in [2.45, 2.75) is 19.5 Å². The Bertz CT molecular complexity index is 509. The third kappa shape index (κ3) is 6.69. The molecule has 7 heteroatoms. The van der Waals surface area contributed by atoms with Gasteiger partial charge in [0.15, 0.2) is 6.61 Å².